The summed E-state index contributed by atoms with van der Waals surface area (Å²) in [6, 6.07) is 13.2. The highest BCUT2D eigenvalue weighted by atomic mass is 79.9. The van der Waals surface area contributed by atoms with Crippen LogP contribution in [0.1, 0.15) is 40.2 Å². The van der Waals surface area contributed by atoms with Crippen molar-refractivity contribution in [3.63, 3.8) is 0 Å². The molecular weight excluding hydrogens is 534 g/mol. The summed E-state index contributed by atoms with van der Waals surface area (Å²) in [5.41, 5.74) is 0.575. The second kappa shape index (κ2) is 11.9. The van der Waals surface area contributed by atoms with Crippen LogP contribution in [-0.2, 0) is 26.2 Å². The largest absolute Gasteiger partial charge is 0.492 e. The van der Waals surface area contributed by atoms with E-state index in [4.69, 9.17) is 4.74 Å². The molecule has 0 saturated heterocycles. The fourth-order valence-corrected chi connectivity index (χ4v) is 4.50. The molecule has 35 heavy (non-hydrogen) atoms. The number of carbonyl (C=O) groups excluding carboxylic acids is 2. The molecule has 0 bridgehead atoms. The number of amides is 2. The zero-order valence-electron chi connectivity index (χ0n) is 21.0. The van der Waals surface area contributed by atoms with Gasteiger partial charge in [-0.1, -0.05) is 40.2 Å². The van der Waals surface area contributed by atoms with Crippen LogP contribution in [0.2, 0.25) is 0 Å². The molecule has 1 unspecified atom stereocenters. The molecule has 0 aromatic heterocycles. The zero-order valence-corrected chi connectivity index (χ0v) is 23.4. The number of nitrogens with one attached hydrogen (secondary N) is 1. The average Bonchev–Trinajstić information content (AvgIpc) is 2.75. The third-order valence-electron chi connectivity index (χ3n) is 5.04. The van der Waals surface area contributed by atoms with Gasteiger partial charge in [0.15, 0.2) is 0 Å². The molecule has 0 aliphatic carbocycles. The summed E-state index contributed by atoms with van der Waals surface area (Å²) in [6.07, 6.45) is 1.04. The smallest absolute Gasteiger partial charge is 0.244 e. The molecule has 8 nitrogen and oxygen atoms in total. The Hall–Kier alpha value is -2.59. The molecule has 0 aliphatic rings. The predicted octanol–water partition coefficient (Wildman–Crippen LogP) is 3.95. The highest BCUT2D eigenvalue weighted by Gasteiger charge is 2.32. The van der Waals surface area contributed by atoms with Crippen LogP contribution < -0.4 is 14.4 Å². The maximum Gasteiger partial charge on any atom is 0.244 e. The minimum absolute atomic E-state index is 0.134. The number of carbonyl (C=O) groups is 2. The fraction of sp³-hybridized carbons (Fsp3) is 0.440. The molecule has 1 atom stereocenters. The van der Waals surface area contributed by atoms with Crippen LogP contribution in [0.3, 0.4) is 0 Å². The van der Waals surface area contributed by atoms with E-state index in [0.29, 0.717) is 12.4 Å². The number of benzene rings is 2. The first kappa shape index (κ1) is 28.6. The lowest BCUT2D eigenvalue weighted by molar-refractivity contribution is -0.140. The lowest BCUT2D eigenvalue weighted by Crippen LogP contribution is -2.54. The topological polar surface area (TPSA) is 96.0 Å². The third kappa shape index (κ3) is 8.54. The number of para-hydroxylation sites is 2. The van der Waals surface area contributed by atoms with Gasteiger partial charge in [-0.05, 0) is 64.4 Å². The molecule has 10 heteroatoms. The second-order valence-corrected chi connectivity index (χ2v) is 12.1. The van der Waals surface area contributed by atoms with Crippen molar-refractivity contribution >= 4 is 43.5 Å². The Kier molecular flexibility index (Phi) is 9.74. The standard InChI is InChI=1S/C25H34BrN3O5S/c1-7-34-22-11-9-8-10-21(22)29(35(6,32)33)17-23(30)28(16-19-12-14-20(26)15-13-19)18(2)24(31)27-25(3,4)5/h8-15,18H,7,16-17H2,1-6H3,(H,27,31). The van der Waals surface area contributed by atoms with Gasteiger partial charge in [-0.3, -0.25) is 13.9 Å². The van der Waals surface area contributed by atoms with Gasteiger partial charge in [0.25, 0.3) is 0 Å². The molecule has 192 valence electrons. The van der Waals surface area contributed by atoms with E-state index in [9.17, 15) is 18.0 Å². The average molecular weight is 569 g/mol. The Morgan fingerprint density at radius 3 is 2.23 bits per heavy atom. The van der Waals surface area contributed by atoms with Crippen molar-refractivity contribution in [2.75, 3.05) is 23.7 Å². The van der Waals surface area contributed by atoms with Crippen LogP contribution in [0, 0.1) is 0 Å². The Bertz CT molecular complexity index is 1130. The second-order valence-electron chi connectivity index (χ2n) is 9.23. The monoisotopic (exact) mass is 567 g/mol. The summed E-state index contributed by atoms with van der Waals surface area (Å²) < 4.78 is 33.0. The third-order valence-corrected chi connectivity index (χ3v) is 6.70. The van der Waals surface area contributed by atoms with Crippen molar-refractivity contribution in [2.24, 2.45) is 0 Å². The summed E-state index contributed by atoms with van der Waals surface area (Å²) >= 11 is 3.40. The Balaban J connectivity index is 2.44. The normalized spacial score (nSPS) is 12.5. The van der Waals surface area contributed by atoms with Gasteiger partial charge in [0.1, 0.15) is 18.3 Å². The van der Waals surface area contributed by atoms with E-state index in [1.807, 2.05) is 45.0 Å². The Morgan fingerprint density at radius 2 is 1.69 bits per heavy atom. The number of halogens is 1. The number of hydrogen-bond acceptors (Lipinski definition) is 5. The van der Waals surface area contributed by atoms with Gasteiger partial charge >= 0.3 is 0 Å². The summed E-state index contributed by atoms with van der Waals surface area (Å²) in [5.74, 6) is -0.490. The number of rotatable bonds is 10. The van der Waals surface area contributed by atoms with E-state index in [1.165, 1.54) is 4.90 Å². The summed E-state index contributed by atoms with van der Waals surface area (Å²) in [7, 11) is -3.84. The Labute approximate surface area is 216 Å². The van der Waals surface area contributed by atoms with Crippen LogP contribution in [0.15, 0.2) is 53.0 Å². The van der Waals surface area contributed by atoms with Crippen LogP contribution >= 0.6 is 15.9 Å². The number of anilines is 1. The lowest BCUT2D eigenvalue weighted by atomic mass is 10.1. The van der Waals surface area contributed by atoms with Gasteiger partial charge in [-0.15, -0.1) is 0 Å². The lowest BCUT2D eigenvalue weighted by Gasteiger charge is -2.33. The number of sulfonamides is 1. The summed E-state index contributed by atoms with van der Waals surface area (Å²) in [4.78, 5) is 28.0. The van der Waals surface area contributed by atoms with Crippen molar-refractivity contribution in [1.82, 2.24) is 10.2 Å². The molecule has 2 amide bonds. The molecule has 0 spiro atoms. The first-order chi connectivity index (χ1) is 16.2. The zero-order chi connectivity index (χ0) is 26.4. The maximum absolute atomic E-state index is 13.6. The summed E-state index contributed by atoms with van der Waals surface area (Å²) in [5, 5.41) is 2.90. The molecule has 1 N–H and O–H groups in total. The quantitative estimate of drug-likeness (QED) is 0.469. The van der Waals surface area contributed by atoms with E-state index in [0.717, 1.165) is 20.6 Å². The minimum atomic E-state index is -3.84. The van der Waals surface area contributed by atoms with Gasteiger partial charge in [0.05, 0.1) is 18.6 Å². The summed E-state index contributed by atoms with van der Waals surface area (Å²) in [6.45, 7) is 8.99. The Morgan fingerprint density at radius 1 is 1.09 bits per heavy atom. The molecule has 2 rings (SSSR count). The number of hydrogen-bond donors (Lipinski definition) is 1. The highest BCUT2D eigenvalue weighted by Crippen LogP contribution is 2.30. The number of ether oxygens (including phenoxy) is 1. The molecule has 0 heterocycles. The molecule has 2 aromatic rings. The van der Waals surface area contributed by atoms with Crippen LogP contribution in [0.25, 0.3) is 0 Å². The predicted molar refractivity (Wildman–Crippen MR) is 142 cm³/mol. The van der Waals surface area contributed by atoms with Crippen molar-refractivity contribution < 1.29 is 22.7 Å². The van der Waals surface area contributed by atoms with Crippen molar-refractivity contribution in [3.8, 4) is 5.75 Å². The van der Waals surface area contributed by atoms with Crippen molar-refractivity contribution in [2.45, 2.75) is 52.7 Å². The minimum Gasteiger partial charge on any atom is -0.492 e. The first-order valence-electron chi connectivity index (χ1n) is 11.3. The first-order valence-corrected chi connectivity index (χ1v) is 13.9. The molecule has 0 saturated carbocycles. The SMILES string of the molecule is CCOc1ccccc1N(CC(=O)N(Cc1ccc(Br)cc1)C(C)C(=O)NC(C)(C)C)S(C)(=O)=O. The van der Waals surface area contributed by atoms with Crippen molar-refractivity contribution in [3.05, 3.63) is 58.6 Å². The van der Waals surface area contributed by atoms with E-state index in [1.54, 1.807) is 38.1 Å². The molecule has 0 fully saturated rings. The van der Waals surface area contributed by atoms with E-state index in [-0.39, 0.29) is 18.1 Å². The molecular formula is C25H34BrN3O5S. The van der Waals surface area contributed by atoms with Gasteiger partial charge in [-0.2, -0.15) is 0 Å². The fourth-order valence-electron chi connectivity index (χ4n) is 3.38. The molecule has 0 aliphatic heterocycles. The van der Waals surface area contributed by atoms with Gasteiger partial charge < -0.3 is 15.0 Å². The van der Waals surface area contributed by atoms with Crippen LogP contribution in [-0.4, -0.2) is 56.1 Å². The van der Waals surface area contributed by atoms with Crippen LogP contribution in [0.5, 0.6) is 5.75 Å². The molecule has 0 radical (unpaired) electrons. The van der Waals surface area contributed by atoms with Gasteiger partial charge in [0, 0.05) is 16.6 Å². The van der Waals surface area contributed by atoms with Gasteiger partial charge in [0.2, 0.25) is 21.8 Å². The van der Waals surface area contributed by atoms with E-state index >= 15 is 0 Å². The van der Waals surface area contributed by atoms with E-state index in [2.05, 4.69) is 21.2 Å². The van der Waals surface area contributed by atoms with Gasteiger partial charge in [-0.25, -0.2) is 8.42 Å². The van der Waals surface area contributed by atoms with E-state index < -0.39 is 34.1 Å². The van der Waals surface area contributed by atoms with Crippen LogP contribution in [0.4, 0.5) is 5.69 Å². The highest BCUT2D eigenvalue weighted by molar-refractivity contribution is 9.10. The van der Waals surface area contributed by atoms with Crippen molar-refractivity contribution in [1.29, 1.82) is 0 Å². The maximum atomic E-state index is 13.6. The number of nitrogens with zero attached hydrogens (tertiary/aromatic N) is 2. The molecule has 2 aromatic carbocycles.